The predicted molar refractivity (Wildman–Crippen MR) is 77.0 cm³/mol. The van der Waals surface area contributed by atoms with Gasteiger partial charge in [-0.3, -0.25) is 0 Å². The molecule has 0 bridgehead atoms. The van der Waals surface area contributed by atoms with Crippen molar-refractivity contribution in [3.05, 3.63) is 29.6 Å². The molecule has 3 nitrogen and oxygen atoms in total. The van der Waals surface area contributed by atoms with Crippen LogP contribution in [-0.2, 0) is 4.74 Å². The summed E-state index contributed by atoms with van der Waals surface area (Å²) in [5, 5.41) is 12.5. The monoisotopic (exact) mass is 276 g/mol. The molecule has 0 amide bonds. The molecule has 1 unspecified atom stereocenters. The first kappa shape index (κ1) is 14.8. The molecule has 0 spiro atoms. The zero-order chi connectivity index (χ0) is 14.6. The van der Waals surface area contributed by atoms with Crippen molar-refractivity contribution in [2.24, 2.45) is 0 Å². The minimum Gasteiger partial charge on any atom is -0.381 e. The zero-order valence-electron chi connectivity index (χ0n) is 12.1. The van der Waals surface area contributed by atoms with Crippen molar-refractivity contribution >= 4 is 5.69 Å². The van der Waals surface area contributed by atoms with Crippen LogP contribution in [0.5, 0.6) is 0 Å². The first-order valence-electron chi connectivity index (χ1n) is 7.22. The fourth-order valence-corrected chi connectivity index (χ4v) is 2.85. The van der Waals surface area contributed by atoms with Gasteiger partial charge in [0.1, 0.15) is 11.9 Å². The minimum atomic E-state index is -0.379. The van der Waals surface area contributed by atoms with Gasteiger partial charge in [0.25, 0.3) is 0 Å². The maximum absolute atomic E-state index is 13.1. The van der Waals surface area contributed by atoms with Crippen LogP contribution in [0, 0.1) is 17.1 Å². The molecule has 108 valence electrons. The van der Waals surface area contributed by atoms with Gasteiger partial charge in [0.2, 0.25) is 0 Å². The number of nitrogens with zero attached hydrogens (tertiary/aromatic N) is 1. The Morgan fingerprint density at radius 2 is 2.20 bits per heavy atom. The molecule has 1 aliphatic heterocycles. The van der Waals surface area contributed by atoms with Gasteiger partial charge in [0.15, 0.2) is 0 Å². The molecule has 0 saturated carbocycles. The summed E-state index contributed by atoms with van der Waals surface area (Å²) in [5.41, 5.74) is 1.000. The van der Waals surface area contributed by atoms with E-state index in [0.29, 0.717) is 11.3 Å². The van der Waals surface area contributed by atoms with Crippen molar-refractivity contribution in [2.75, 3.05) is 11.9 Å². The van der Waals surface area contributed by atoms with Crippen molar-refractivity contribution in [3.8, 4) is 6.07 Å². The summed E-state index contributed by atoms with van der Waals surface area (Å²) >= 11 is 0. The molecule has 0 radical (unpaired) electrons. The summed E-state index contributed by atoms with van der Waals surface area (Å²) in [7, 11) is 0. The van der Waals surface area contributed by atoms with Gasteiger partial charge in [0.05, 0.1) is 16.9 Å². The largest absolute Gasteiger partial charge is 0.381 e. The number of nitriles is 1. The summed E-state index contributed by atoms with van der Waals surface area (Å²) in [6.45, 7) is 5.01. The van der Waals surface area contributed by atoms with Gasteiger partial charge in [-0.05, 0) is 43.9 Å². The SMILES string of the molecule is CCC1(CC)CC(Nc2ccc(F)cc2C#N)CCO1. The van der Waals surface area contributed by atoms with Gasteiger partial charge >= 0.3 is 0 Å². The van der Waals surface area contributed by atoms with Crippen molar-refractivity contribution in [1.82, 2.24) is 0 Å². The van der Waals surface area contributed by atoms with Crippen LogP contribution in [0.1, 0.15) is 45.1 Å². The van der Waals surface area contributed by atoms with Gasteiger partial charge < -0.3 is 10.1 Å². The average molecular weight is 276 g/mol. The molecule has 1 aromatic rings. The Morgan fingerprint density at radius 1 is 1.45 bits per heavy atom. The van der Waals surface area contributed by atoms with Gasteiger partial charge in [0, 0.05) is 12.6 Å². The van der Waals surface area contributed by atoms with Crippen LogP contribution in [-0.4, -0.2) is 18.2 Å². The molecule has 0 aromatic heterocycles. The van der Waals surface area contributed by atoms with Gasteiger partial charge in [-0.2, -0.15) is 5.26 Å². The quantitative estimate of drug-likeness (QED) is 0.908. The Kier molecular flexibility index (Phi) is 4.61. The van der Waals surface area contributed by atoms with E-state index in [1.54, 1.807) is 6.07 Å². The summed E-state index contributed by atoms with van der Waals surface area (Å²) in [5.74, 6) is -0.379. The lowest BCUT2D eigenvalue weighted by atomic mass is 9.86. The second-order valence-corrected chi connectivity index (χ2v) is 5.37. The van der Waals surface area contributed by atoms with E-state index >= 15 is 0 Å². The lowest BCUT2D eigenvalue weighted by Gasteiger charge is -2.40. The van der Waals surface area contributed by atoms with Crippen molar-refractivity contribution < 1.29 is 9.13 Å². The number of halogens is 1. The third-order valence-corrected chi connectivity index (χ3v) is 4.24. The second kappa shape index (κ2) is 6.23. The van der Waals surface area contributed by atoms with Gasteiger partial charge in [-0.15, -0.1) is 0 Å². The molecule has 4 heteroatoms. The maximum Gasteiger partial charge on any atom is 0.124 e. The molecule has 1 fully saturated rings. The molecule has 1 saturated heterocycles. The maximum atomic E-state index is 13.1. The lowest BCUT2D eigenvalue weighted by Crippen LogP contribution is -2.43. The Balaban J connectivity index is 2.12. The van der Waals surface area contributed by atoms with E-state index in [1.165, 1.54) is 12.1 Å². The fourth-order valence-electron chi connectivity index (χ4n) is 2.85. The van der Waals surface area contributed by atoms with Crippen LogP contribution in [0.25, 0.3) is 0 Å². The third-order valence-electron chi connectivity index (χ3n) is 4.24. The Bertz CT molecular complexity index is 506. The number of benzene rings is 1. The molecule has 20 heavy (non-hydrogen) atoms. The summed E-state index contributed by atoms with van der Waals surface area (Å²) < 4.78 is 19.1. The zero-order valence-corrected chi connectivity index (χ0v) is 12.1. The van der Waals surface area contributed by atoms with Crippen LogP contribution >= 0.6 is 0 Å². The number of hydrogen-bond donors (Lipinski definition) is 1. The lowest BCUT2D eigenvalue weighted by molar-refractivity contribution is -0.0864. The van der Waals surface area contributed by atoms with Crippen LogP contribution in [0.15, 0.2) is 18.2 Å². The average Bonchev–Trinajstić information content (AvgIpc) is 2.49. The second-order valence-electron chi connectivity index (χ2n) is 5.37. The highest BCUT2D eigenvalue weighted by atomic mass is 19.1. The summed E-state index contributed by atoms with van der Waals surface area (Å²) in [4.78, 5) is 0. The van der Waals surface area contributed by atoms with E-state index in [2.05, 4.69) is 19.2 Å². The van der Waals surface area contributed by atoms with Crippen molar-refractivity contribution in [2.45, 2.75) is 51.2 Å². The van der Waals surface area contributed by atoms with Gasteiger partial charge in [-0.1, -0.05) is 13.8 Å². The van der Waals surface area contributed by atoms with E-state index in [-0.39, 0.29) is 17.5 Å². The topological polar surface area (TPSA) is 45.0 Å². The highest BCUT2D eigenvalue weighted by Gasteiger charge is 2.34. The first-order valence-corrected chi connectivity index (χ1v) is 7.22. The molecular weight excluding hydrogens is 255 g/mol. The Morgan fingerprint density at radius 3 is 2.85 bits per heavy atom. The Labute approximate surface area is 119 Å². The number of rotatable bonds is 4. The van der Waals surface area contributed by atoms with E-state index in [0.717, 1.165) is 32.3 Å². The van der Waals surface area contributed by atoms with Crippen LogP contribution in [0.4, 0.5) is 10.1 Å². The van der Waals surface area contributed by atoms with E-state index in [9.17, 15) is 4.39 Å². The van der Waals surface area contributed by atoms with Crippen LogP contribution in [0.2, 0.25) is 0 Å². The van der Waals surface area contributed by atoms with Crippen LogP contribution in [0.3, 0.4) is 0 Å². The highest BCUT2D eigenvalue weighted by Crippen LogP contribution is 2.33. The number of nitrogens with one attached hydrogen (secondary N) is 1. The standard InChI is InChI=1S/C16H21FN2O/c1-3-16(4-2)10-14(7-8-20-16)19-15-6-5-13(17)9-12(15)11-18/h5-6,9,14,19H,3-4,7-8,10H2,1-2H3. The molecule has 1 atom stereocenters. The number of anilines is 1. The number of hydrogen-bond acceptors (Lipinski definition) is 3. The van der Waals surface area contributed by atoms with E-state index in [1.807, 2.05) is 6.07 Å². The summed E-state index contributed by atoms with van der Waals surface area (Å²) in [6, 6.07) is 6.60. The molecule has 1 aromatic carbocycles. The van der Waals surface area contributed by atoms with E-state index in [4.69, 9.17) is 10.00 Å². The van der Waals surface area contributed by atoms with E-state index < -0.39 is 0 Å². The predicted octanol–water partition coefficient (Wildman–Crippen LogP) is 3.85. The molecule has 0 aliphatic carbocycles. The third kappa shape index (κ3) is 3.10. The highest BCUT2D eigenvalue weighted by molar-refractivity contribution is 5.58. The normalized spacial score (nSPS) is 21.2. The number of ether oxygens (including phenoxy) is 1. The molecule has 2 rings (SSSR count). The molecule has 1 N–H and O–H groups in total. The fraction of sp³-hybridized carbons (Fsp3) is 0.562. The molecule has 1 heterocycles. The van der Waals surface area contributed by atoms with Crippen LogP contribution < -0.4 is 5.32 Å². The summed E-state index contributed by atoms with van der Waals surface area (Å²) in [6.07, 6.45) is 3.79. The molecule has 1 aliphatic rings. The Hall–Kier alpha value is -1.60. The van der Waals surface area contributed by atoms with Crippen molar-refractivity contribution in [3.63, 3.8) is 0 Å². The molecular formula is C16H21FN2O. The van der Waals surface area contributed by atoms with Gasteiger partial charge in [-0.25, -0.2) is 4.39 Å². The van der Waals surface area contributed by atoms with Crippen molar-refractivity contribution in [1.29, 1.82) is 5.26 Å². The first-order chi connectivity index (χ1) is 9.62. The smallest absolute Gasteiger partial charge is 0.124 e. The minimum absolute atomic E-state index is 0.0667.